The lowest BCUT2D eigenvalue weighted by atomic mass is 10.0. The van der Waals surface area contributed by atoms with Gasteiger partial charge in [-0.3, -0.25) is 19.3 Å². The molecular weight excluding hydrogens is 332 g/mol. The number of amides is 3. The first-order chi connectivity index (χ1) is 11.1. The zero-order valence-corrected chi connectivity index (χ0v) is 14.5. The van der Waals surface area contributed by atoms with Crippen LogP contribution in [0, 0.1) is 0 Å². The zero-order valence-electron chi connectivity index (χ0n) is 12.9. The lowest BCUT2D eigenvalue weighted by Gasteiger charge is -2.34. The summed E-state index contributed by atoms with van der Waals surface area (Å²) in [6, 6.07) is 3.96. The van der Waals surface area contributed by atoms with Crippen molar-refractivity contribution in [2.24, 2.45) is 0 Å². The molecule has 3 rings (SSSR count). The Kier molecular flexibility index (Phi) is 4.87. The first kappa shape index (κ1) is 16.3. The summed E-state index contributed by atoms with van der Waals surface area (Å²) in [7, 11) is 0. The van der Waals surface area contributed by atoms with Gasteiger partial charge in [-0.05, 0) is 55.5 Å². The zero-order chi connectivity index (χ0) is 16.4. The lowest BCUT2D eigenvalue weighted by molar-refractivity contribution is -0.138. The number of piperidine rings is 1. The van der Waals surface area contributed by atoms with Gasteiger partial charge < -0.3 is 4.90 Å². The van der Waals surface area contributed by atoms with E-state index in [1.165, 1.54) is 11.3 Å². The maximum absolute atomic E-state index is 12.4. The molecule has 0 spiro atoms. The molecule has 2 saturated heterocycles. The molecule has 7 heteroatoms. The Labute approximate surface area is 143 Å². The molecule has 0 saturated carbocycles. The molecule has 0 aliphatic carbocycles. The first-order valence-corrected chi connectivity index (χ1v) is 9.34. The molecule has 3 heterocycles. The van der Waals surface area contributed by atoms with Gasteiger partial charge in [-0.15, -0.1) is 11.3 Å². The minimum Gasteiger partial charge on any atom is -0.338 e. The van der Waals surface area contributed by atoms with Gasteiger partial charge >= 0.3 is 0 Å². The highest BCUT2D eigenvalue weighted by atomic mass is 32.2. The van der Waals surface area contributed by atoms with Crippen LogP contribution in [0.15, 0.2) is 22.4 Å². The number of imide groups is 1. The van der Waals surface area contributed by atoms with Gasteiger partial charge in [0.25, 0.3) is 11.1 Å². The molecule has 1 atom stereocenters. The van der Waals surface area contributed by atoms with Crippen LogP contribution >= 0.6 is 23.1 Å². The van der Waals surface area contributed by atoms with E-state index in [2.05, 4.69) is 0 Å². The average molecular weight is 350 g/mol. The van der Waals surface area contributed by atoms with Crippen LogP contribution in [0.5, 0.6) is 0 Å². The molecule has 2 fully saturated rings. The number of carbonyl (C=O) groups excluding carboxylic acids is 3. The summed E-state index contributed by atoms with van der Waals surface area (Å²) in [5.74, 6) is -0.511. The van der Waals surface area contributed by atoms with Crippen molar-refractivity contribution in [2.45, 2.75) is 32.2 Å². The molecule has 0 N–H and O–H groups in total. The van der Waals surface area contributed by atoms with Crippen LogP contribution in [-0.2, 0) is 9.59 Å². The number of hydrogen-bond acceptors (Lipinski definition) is 5. The Balaban J connectivity index is 1.69. The highest BCUT2D eigenvalue weighted by Crippen LogP contribution is 2.33. The predicted molar refractivity (Wildman–Crippen MR) is 92.0 cm³/mol. The van der Waals surface area contributed by atoms with E-state index >= 15 is 0 Å². The maximum Gasteiger partial charge on any atom is 0.294 e. The van der Waals surface area contributed by atoms with Crippen LogP contribution in [0.1, 0.15) is 31.1 Å². The third-order valence-electron chi connectivity index (χ3n) is 4.11. The normalized spacial score (nSPS) is 23.9. The van der Waals surface area contributed by atoms with Gasteiger partial charge in [-0.2, -0.15) is 0 Å². The largest absolute Gasteiger partial charge is 0.338 e. The Morgan fingerprint density at radius 1 is 1.39 bits per heavy atom. The summed E-state index contributed by atoms with van der Waals surface area (Å²) in [4.78, 5) is 41.1. The molecule has 5 nitrogen and oxygen atoms in total. The summed E-state index contributed by atoms with van der Waals surface area (Å²) in [6.45, 7) is 2.57. The van der Waals surface area contributed by atoms with Gasteiger partial charge in [0.2, 0.25) is 5.91 Å². The average Bonchev–Trinajstić information content (AvgIpc) is 3.12. The number of thiophene rings is 1. The summed E-state index contributed by atoms with van der Waals surface area (Å²) >= 11 is 2.41. The van der Waals surface area contributed by atoms with Crippen LogP contribution in [0.25, 0.3) is 6.08 Å². The molecule has 1 unspecified atom stereocenters. The quantitative estimate of drug-likeness (QED) is 0.786. The van der Waals surface area contributed by atoms with Crippen LogP contribution in [0.2, 0.25) is 0 Å². The third-order valence-corrected chi connectivity index (χ3v) is 5.83. The van der Waals surface area contributed by atoms with Crippen LogP contribution < -0.4 is 0 Å². The predicted octanol–water partition coefficient (Wildman–Crippen LogP) is 3.19. The topological polar surface area (TPSA) is 57.7 Å². The molecular formula is C16H18N2O3S2. The van der Waals surface area contributed by atoms with E-state index in [-0.39, 0.29) is 29.6 Å². The summed E-state index contributed by atoms with van der Waals surface area (Å²) in [5.41, 5.74) is 0. The molecule has 1 aromatic rings. The number of carbonyl (C=O) groups is 3. The van der Waals surface area contributed by atoms with E-state index in [1.807, 2.05) is 24.4 Å². The maximum atomic E-state index is 12.4. The highest BCUT2D eigenvalue weighted by Gasteiger charge is 2.37. The van der Waals surface area contributed by atoms with Gasteiger partial charge in [0, 0.05) is 17.5 Å². The Morgan fingerprint density at radius 3 is 2.91 bits per heavy atom. The van der Waals surface area contributed by atoms with Crippen LogP contribution in [0.4, 0.5) is 4.79 Å². The number of rotatable bonds is 3. The molecule has 0 bridgehead atoms. The van der Waals surface area contributed by atoms with Crippen molar-refractivity contribution in [1.82, 2.24) is 9.80 Å². The monoisotopic (exact) mass is 350 g/mol. The van der Waals surface area contributed by atoms with Crippen molar-refractivity contribution in [3.05, 3.63) is 27.3 Å². The van der Waals surface area contributed by atoms with Crippen molar-refractivity contribution in [1.29, 1.82) is 0 Å². The van der Waals surface area contributed by atoms with Crippen LogP contribution in [0.3, 0.4) is 0 Å². The number of likely N-dealkylation sites (tertiary alicyclic amines) is 1. The highest BCUT2D eigenvalue weighted by molar-refractivity contribution is 8.18. The Hall–Kier alpha value is -1.60. The summed E-state index contributed by atoms with van der Waals surface area (Å²) < 4.78 is 0. The SMILES string of the molecule is CC1CCCCN1C(=O)CN1C(=O)S/C(=C\c2cccs2)C1=O. The van der Waals surface area contributed by atoms with E-state index in [1.54, 1.807) is 11.0 Å². The second-order valence-corrected chi connectivity index (χ2v) is 7.69. The second-order valence-electron chi connectivity index (χ2n) is 5.72. The van der Waals surface area contributed by atoms with E-state index in [4.69, 9.17) is 0 Å². The third kappa shape index (κ3) is 3.50. The van der Waals surface area contributed by atoms with Gasteiger partial charge in [0.1, 0.15) is 6.54 Å². The molecule has 2 aliphatic heterocycles. The van der Waals surface area contributed by atoms with Gasteiger partial charge in [0.15, 0.2) is 0 Å². The van der Waals surface area contributed by atoms with Crippen molar-refractivity contribution >= 4 is 46.2 Å². The molecule has 3 amide bonds. The van der Waals surface area contributed by atoms with E-state index < -0.39 is 0 Å². The van der Waals surface area contributed by atoms with Gasteiger partial charge in [0.05, 0.1) is 4.91 Å². The standard InChI is InChI=1S/C16H18N2O3S2/c1-11-5-2-3-7-17(11)14(19)10-18-15(20)13(23-16(18)21)9-12-6-4-8-22-12/h4,6,8-9,11H,2-3,5,7,10H2,1H3/b13-9-. The summed E-state index contributed by atoms with van der Waals surface area (Å²) in [5, 5.41) is 1.55. The van der Waals surface area contributed by atoms with Crippen molar-refractivity contribution in [3.8, 4) is 0 Å². The van der Waals surface area contributed by atoms with Gasteiger partial charge in [-0.25, -0.2) is 0 Å². The molecule has 0 aromatic carbocycles. The molecule has 23 heavy (non-hydrogen) atoms. The van der Waals surface area contributed by atoms with Gasteiger partial charge in [-0.1, -0.05) is 6.07 Å². The lowest BCUT2D eigenvalue weighted by Crippen LogP contribution is -2.47. The fourth-order valence-corrected chi connectivity index (χ4v) is 4.39. The van der Waals surface area contributed by atoms with Crippen molar-refractivity contribution in [3.63, 3.8) is 0 Å². The summed E-state index contributed by atoms with van der Waals surface area (Å²) in [6.07, 6.45) is 4.79. The molecule has 2 aliphatic rings. The minimum atomic E-state index is -0.369. The molecule has 1 aromatic heterocycles. The number of nitrogens with zero attached hydrogens (tertiary/aromatic N) is 2. The van der Waals surface area contributed by atoms with Crippen LogP contribution in [-0.4, -0.2) is 46.0 Å². The van der Waals surface area contributed by atoms with E-state index in [0.717, 1.165) is 40.8 Å². The Morgan fingerprint density at radius 2 is 2.22 bits per heavy atom. The molecule has 0 radical (unpaired) electrons. The number of thioether (sulfide) groups is 1. The minimum absolute atomic E-state index is 0.142. The van der Waals surface area contributed by atoms with Crippen molar-refractivity contribution in [2.75, 3.05) is 13.1 Å². The van der Waals surface area contributed by atoms with E-state index in [0.29, 0.717) is 11.4 Å². The fraction of sp³-hybridized carbons (Fsp3) is 0.438. The molecule has 122 valence electrons. The fourth-order valence-electron chi connectivity index (χ4n) is 2.83. The second kappa shape index (κ2) is 6.88. The van der Waals surface area contributed by atoms with Crippen molar-refractivity contribution < 1.29 is 14.4 Å². The smallest absolute Gasteiger partial charge is 0.294 e. The number of hydrogen-bond donors (Lipinski definition) is 0. The van der Waals surface area contributed by atoms with E-state index in [9.17, 15) is 14.4 Å². The first-order valence-electron chi connectivity index (χ1n) is 7.64. The Bertz CT molecular complexity index is 654.